The lowest BCUT2D eigenvalue weighted by molar-refractivity contribution is 0.114. The summed E-state index contributed by atoms with van der Waals surface area (Å²) < 4.78 is 32.9. The Morgan fingerprint density at radius 1 is 1.21 bits per heavy atom. The molecular formula is C19H26N4O3S2. The third kappa shape index (κ3) is 6.03. The first kappa shape index (κ1) is 20.8. The van der Waals surface area contributed by atoms with E-state index in [-0.39, 0.29) is 11.0 Å². The number of nitrogens with one attached hydrogen (secondary N) is 3. The number of benzene rings is 1. The van der Waals surface area contributed by atoms with Gasteiger partial charge in [0.25, 0.3) is 0 Å². The zero-order valence-electron chi connectivity index (χ0n) is 15.8. The van der Waals surface area contributed by atoms with Gasteiger partial charge in [-0.2, -0.15) is 0 Å². The van der Waals surface area contributed by atoms with Crippen molar-refractivity contribution in [2.24, 2.45) is 4.99 Å². The Labute approximate surface area is 170 Å². The molecule has 3 rings (SSSR count). The van der Waals surface area contributed by atoms with Crippen molar-refractivity contribution in [3.63, 3.8) is 0 Å². The van der Waals surface area contributed by atoms with Crippen LogP contribution in [-0.4, -0.2) is 40.7 Å². The van der Waals surface area contributed by atoms with Gasteiger partial charge in [-0.15, -0.1) is 11.3 Å². The summed E-state index contributed by atoms with van der Waals surface area (Å²) in [4.78, 5) is 5.69. The highest BCUT2D eigenvalue weighted by atomic mass is 32.2. The van der Waals surface area contributed by atoms with Gasteiger partial charge in [-0.05, 0) is 42.0 Å². The van der Waals surface area contributed by atoms with Gasteiger partial charge in [0.1, 0.15) is 0 Å². The largest absolute Gasteiger partial charge is 0.377 e. The van der Waals surface area contributed by atoms with E-state index in [0.29, 0.717) is 32.2 Å². The van der Waals surface area contributed by atoms with Crippen LogP contribution in [0.3, 0.4) is 0 Å². The number of hydrogen-bond acceptors (Lipinski definition) is 5. The zero-order valence-corrected chi connectivity index (χ0v) is 17.5. The highest BCUT2D eigenvalue weighted by Gasteiger charge is 2.20. The second-order valence-electron chi connectivity index (χ2n) is 6.49. The summed E-state index contributed by atoms with van der Waals surface area (Å²) in [5, 5.41) is 8.52. The number of thiophene rings is 1. The summed E-state index contributed by atoms with van der Waals surface area (Å²) >= 11 is 1.69. The van der Waals surface area contributed by atoms with E-state index in [1.54, 1.807) is 42.6 Å². The van der Waals surface area contributed by atoms with Crippen LogP contribution >= 0.6 is 11.3 Å². The molecule has 0 amide bonds. The topological polar surface area (TPSA) is 91.8 Å². The fourth-order valence-corrected chi connectivity index (χ4v) is 4.58. The van der Waals surface area contributed by atoms with Crippen molar-refractivity contribution in [2.45, 2.75) is 36.9 Å². The quantitative estimate of drug-likeness (QED) is 0.447. The molecule has 2 heterocycles. The number of hydrogen-bond donors (Lipinski definition) is 3. The van der Waals surface area contributed by atoms with E-state index in [1.807, 2.05) is 11.4 Å². The van der Waals surface area contributed by atoms with Gasteiger partial charge < -0.3 is 15.4 Å². The van der Waals surface area contributed by atoms with Gasteiger partial charge in [0.05, 0.1) is 17.5 Å². The van der Waals surface area contributed by atoms with Crippen molar-refractivity contribution in [1.82, 2.24) is 15.4 Å². The van der Waals surface area contributed by atoms with E-state index < -0.39 is 10.0 Å². The molecule has 1 aromatic heterocycles. The van der Waals surface area contributed by atoms with E-state index in [9.17, 15) is 8.42 Å². The molecule has 0 aliphatic carbocycles. The third-order valence-corrected chi connectivity index (χ3v) is 6.77. The minimum Gasteiger partial charge on any atom is -0.377 e. The van der Waals surface area contributed by atoms with Crippen LogP contribution in [0, 0.1) is 0 Å². The normalized spacial score (nSPS) is 17.6. The number of rotatable bonds is 8. The highest BCUT2D eigenvalue weighted by molar-refractivity contribution is 7.89. The Morgan fingerprint density at radius 2 is 2.00 bits per heavy atom. The van der Waals surface area contributed by atoms with Crippen molar-refractivity contribution in [1.29, 1.82) is 0 Å². The summed E-state index contributed by atoms with van der Waals surface area (Å²) in [6.07, 6.45) is 1.86. The van der Waals surface area contributed by atoms with E-state index in [4.69, 9.17) is 4.74 Å². The zero-order chi connectivity index (χ0) is 19.8. The maximum absolute atomic E-state index is 12.4. The van der Waals surface area contributed by atoms with Crippen LogP contribution in [0.25, 0.3) is 0 Å². The first-order chi connectivity index (χ1) is 13.6. The number of nitrogens with zero attached hydrogens (tertiary/aromatic N) is 1. The van der Waals surface area contributed by atoms with Gasteiger partial charge in [-0.1, -0.05) is 18.2 Å². The van der Waals surface area contributed by atoms with Crippen molar-refractivity contribution in [3.8, 4) is 0 Å². The minimum atomic E-state index is -3.52. The lowest BCUT2D eigenvalue weighted by Gasteiger charge is -2.13. The standard InChI is InChI=1S/C19H26N4O3S2/c1-20-19(22-14-17-5-3-11-27-17)21-12-15-6-8-18(9-7-15)28(24,25)23-13-16-4-2-10-26-16/h3,5-9,11,16,23H,2,4,10,12-14H2,1H3,(H2,20,21,22). The van der Waals surface area contributed by atoms with Crippen LogP contribution in [0.4, 0.5) is 0 Å². The van der Waals surface area contributed by atoms with Crippen LogP contribution in [0.5, 0.6) is 0 Å². The number of ether oxygens (including phenoxy) is 1. The maximum atomic E-state index is 12.4. The molecule has 0 saturated carbocycles. The van der Waals surface area contributed by atoms with Crippen LogP contribution in [-0.2, 0) is 27.8 Å². The lowest BCUT2D eigenvalue weighted by Crippen LogP contribution is -2.36. The first-order valence-electron chi connectivity index (χ1n) is 9.24. The summed E-state index contributed by atoms with van der Waals surface area (Å²) in [6.45, 7) is 2.29. The van der Waals surface area contributed by atoms with Gasteiger partial charge in [0.2, 0.25) is 10.0 Å². The molecule has 28 heavy (non-hydrogen) atoms. The summed E-state index contributed by atoms with van der Waals surface area (Å²) in [5.74, 6) is 0.698. The molecule has 0 bridgehead atoms. The fourth-order valence-electron chi connectivity index (χ4n) is 2.87. The number of aliphatic imine (C=N–C) groups is 1. The first-order valence-corrected chi connectivity index (χ1v) is 11.6. The molecule has 2 aromatic rings. The smallest absolute Gasteiger partial charge is 0.240 e. The predicted molar refractivity (Wildman–Crippen MR) is 112 cm³/mol. The van der Waals surface area contributed by atoms with Gasteiger partial charge in [0, 0.05) is 31.6 Å². The molecule has 1 aliphatic heterocycles. The van der Waals surface area contributed by atoms with Crippen molar-refractivity contribution in [3.05, 3.63) is 52.2 Å². The SMILES string of the molecule is CN=C(NCc1ccc(S(=O)(=O)NCC2CCCO2)cc1)NCc1cccs1. The highest BCUT2D eigenvalue weighted by Crippen LogP contribution is 2.14. The van der Waals surface area contributed by atoms with Crippen molar-refractivity contribution < 1.29 is 13.2 Å². The maximum Gasteiger partial charge on any atom is 0.240 e. The minimum absolute atomic E-state index is 0.0216. The average Bonchev–Trinajstić information content (AvgIpc) is 3.41. The number of guanidine groups is 1. The molecule has 0 spiro atoms. The Hall–Kier alpha value is -1.94. The van der Waals surface area contributed by atoms with Gasteiger partial charge >= 0.3 is 0 Å². The van der Waals surface area contributed by atoms with Gasteiger partial charge in [0.15, 0.2) is 5.96 Å². The van der Waals surface area contributed by atoms with E-state index in [2.05, 4.69) is 26.4 Å². The van der Waals surface area contributed by atoms with Crippen LogP contribution in [0.15, 0.2) is 51.7 Å². The molecule has 1 aromatic carbocycles. The molecule has 7 nitrogen and oxygen atoms in total. The monoisotopic (exact) mass is 422 g/mol. The Kier molecular flexibility index (Phi) is 7.43. The van der Waals surface area contributed by atoms with E-state index in [1.165, 1.54) is 4.88 Å². The molecule has 1 fully saturated rings. The van der Waals surface area contributed by atoms with Gasteiger partial charge in [-0.25, -0.2) is 13.1 Å². The van der Waals surface area contributed by atoms with Crippen molar-refractivity contribution in [2.75, 3.05) is 20.2 Å². The third-order valence-electron chi connectivity index (χ3n) is 4.45. The van der Waals surface area contributed by atoms with Gasteiger partial charge in [-0.3, -0.25) is 4.99 Å². The Morgan fingerprint density at radius 3 is 2.64 bits per heavy atom. The second-order valence-corrected chi connectivity index (χ2v) is 9.29. The Balaban J connectivity index is 1.48. The van der Waals surface area contributed by atoms with Crippen molar-refractivity contribution >= 4 is 27.3 Å². The molecule has 9 heteroatoms. The number of sulfonamides is 1. The molecule has 152 valence electrons. The average molecular weight is 423 g/mol. The van der Waals surface area contributed by atoms with Crippen LogP contribution in [0.2, 0.25) is 0 Å². The molecule has 1 atom stereocenters. The van der Waals surface area contributed by atoms with E-state index >= 15 is 0 Å². The molecule has 1 saturated heterocycles. The molecule has 0 radical (unpaired) electrons. The predicted octanol–water partition coefficient (Wildman–Crippen LogP) is 2.07. The lowest BCUT2D eigenvalue weighted by atomic mass is 10.2. The van der Waals surface area contributed by atoms with E-state index in [0.717, 1.165) is 18.4 Å². The second kappa shape index (κ2) is 10.0. The van der Waals surface area contributed by atoms with Crippen LogP contribution < -0.4 is 15.4 Å². The Bertz CT molecular complexity index is 859. The molecule has 3 N–H and O–H groups in total. The molecular weight excluding hydrogens is 396 g/mol. The fraction of sp³-hybridized carbons (Fsp3) is 0.421. The molecule has 1 unspecified atom stereocenters. The van der Waals surface area contributed by atoms with Crippen LogP contribution in [0.1, 0.15) is 23.3 Å². The summed E-state index contributed by atoms with van der Waals surface area (Å²) in [7, 11) is -1.80. The summed E-state index contributed by atoms with van der Waals surface area (Å²) in [5.41, 5.74) is 0.970. The molecule has 1 aliphatic rings. The summed E-state index contributed by atoms with van der Waals surface area (Å²) in [6, 6.07) is 10.9.